The van der Waals surface area contributed by atoms with Crippen LogP contribution in [0, 0.1) is 12.3 Å². The van der Waals surface area contributed by atoms with Gasteiger partial charge in [0.2, 0.25) is 5.91 Å². The predicted octanol–water partition coefficient (Wildman–Crippen LogP) is 1.10. The molecule has 2 amide bonds. The summed E-state index contributed by atoms with van der Waals surface area (Å²) in [5, 5.41) is -0.142. The molecule has 4 heteroatoms. The first-order valence-electron chi connectivity index (χ1n) is 3.66. The number of unbranched alkanes of at least 4 members (excludes halogenated alkanes) is 1. The Bertz CT molecular complexity index is 228. The average molecular weight is 183 g/mol. The number of rotatable bonds is 3. The van der Waals surface area contributed by atoms with Gasteiger partial charge in [-0.2, -0.15) is 0 Å². The first kappa shape index (κ1) is 9.14. The summed E-state index contributed by atoms with van der Waals surface area (Å²) < 4.78 is 0. The number of thioether (sulfide) groups is 1. The zero-order valence-electron chi connectivity index (χ0n) is 6.58. The standard InChI is InChI=1S/C8H9NO2S/c1-2-3-4-5-9-7(10)6-12-8(9)11/h1H,3-6H2. The first-order chi connectivity index (χ1) is 5.75. The van der Waals surface area contributed by atoms with E-state index in [4.69, 9.17) is 6.42 Å². The number of carbonyl (C=O) groups is 2. The van der Waals surface area contributed by atoms with Crippen LogP contribution in [0.5, 0.6) is 0 Å². The number of hydrogen-bond donors (Lipinski definition) is 0. The van der Waals surface area contributed by atoms with Crippen molar-refractivity contribution in [3.8, 4) is 12.3 Å². The lowest BCUT2D eigenvalue weighted by molar-refractivity contribution is -0.124. The van der Waals surface area contributed by atoms with Gasteiger partial charge in [-0.15, -0.1) is 12.3 Å². The molecule has 0 bridgehead atoms. The maximum atomic E-state index is 11.0. The quantitative estimate of drug-likeness (QED) is 0.485. The second-order valence-electron chi connectivity index (χ2n) is 2.41. The van der Waals surface area contributed by atoms with Gasteiger partial charge >= 0.3 is 0 Å². The molecule has 1 aliphatic rings. The molecule has 12 heavy (non-hydrogen) atoms. The Morgan fingerprint density at radius 1 is 1.58 bits per heavy atom. The van der Waals surface area contributed by atoms with Crippen molar-refractivity contribution in [1.29, 1.82) is 0 Å². The number of nitrogens with zero attached hydrogens (tertiary/aromatic N) is 1. The topological polar surface area (TPSA) is 37.4 Å². The molecule has 0 atom stereocenters. The van der Waals surface area contributed by atoms with E-state index in [9.17, 15) is 9.59 Å². The summed E-state index contributed by atoms with van der Waals surface area (Å²) in [6, 6.07) is 0. The molecule has 0 unspecified atom stereocenters. The van der Waals surface area contributed by atoms with E-state index in [2.05, 4.69) is 5.92 Å². The number of amides is 2. The highest BCUT2D eigenvalue weighted by Gasteiger charge is 2.28. The Hall–Kier alpha value is -0.950. The summed E-state index contributed by atoms with van der Waals surface area (Å²) in [6.45, 7) is 0.467. The average Bonchev–Trinajstić information content (AvgIpc) is 2.35. The summed E-state index contributed by atoms with van der Waals surface area (Å²) in [6.07, 6.45) is 6.35. The van der Waals surface area contributed by atoms with Crippen LogP contribution in [0.2, 0.25) is 0 Å². The predicted molar refractivity (Wildman–Crippen MR) is 47.6 cm³/mol. The number of carbonyl (C=O) groups excluding carboxylic acids is 2. The van der Waals surface area contributed by atoms with Crippen LogP contribution in [0.25, 0.3) is 0 Å². The molecule has 1 fully saturated rings. The monoisotopic (exact) mass is 183 g/mol. The van der Waals surface area contributed by atoms with Gasteiger partial charge in [0.1, 0.15) is 0 Å². The van der Waals surface area contributed by atoms with Gasteiger partial charge in [-0.1, -0.05) is 11.8 Å². The van der Waals surface area contributed by atoms with Crippen molar-refractivity contribution in [2.45, 2.75) is 12.8 Å². The maximum Gasteiger partial charge on any atom is 0.288 e. The normalized spacial score (nSPS) is 16.8. The van der Waals surface area contributed by atoms with E-state index in [1.807, 2.05) is 0 Å². The van der Waals surface area contributed by atoms with Gasteiger partial charge < -0.3 is 0 Å². The second-order valence-corrected chi connectivity index (χ2v) is 3.33. The highest BCUT2D eigenvalue weighted by Crippen LogP contribution is 2.18. The fourth-order valence-electron chi connectivity index (χ4n) is 0.936. The van der Waals surface area contributed by atoms with Crippen molar-refractivity contribution < 1.29 is 9.59 Å². The van der Waals surface area contributed by atoms with Gasteiger partial charge in [0, 0.05) is 13.0 Å². The van der Waals surface area contributed by atoms with Crippen molar-refractivity contribution in [2.75, 3.05) is 12.3 Å². The van der Waals surface area contributed by atoms with Crippen molar-refractivity contribution in [1.82, 2.24) is 4.90 Å². The number of imide groups is 1. The van der Waals surface area contributed by atoms with Gasteiger partial charge in [-0.25, -0.2) is 0 Å². The highest BCUT2D eigenvalue weighted by atomic mass is 32.2. The Morgan fingerprint density at radius 2 is 2.33 bits per heavy atom. The summed E-state index contributed by atoms with van der Waals surface area (Å²) in [7, 11) is 0. The maximum absolute atomic E-state index is 11.0. The van der Waals surface area contributed by atoms with Crippen LogP contribution in [-0.4, -0.2) is 28.3 Å². The van der Waals surface area contributed by atoms with Crippen LogP contribution in [-0.2, 0) is 4.79 Å². The molecule has 0 saturated carbocycles. The van der Waals surface area contributed by atoms with E-state index in [0.29, 0.717) is 19.4 Å². The van der Waals surface area contributed by atoms with Crippen LogP contribution in [0.3, 0.4) is 0 Å². The molecule has 0 aromatic carbocycles. The molecule has 1 rings (SSSR count). The SMILES string of the molecule is C#CCCCN1C(=O)CSC1=O. The zero-order chi connectivity index (χ0) is 8.97. The molecule has 0 aromatic rings. The summed E-state index contributed by atoms with van der Waals surface area (Å²) >= 11 is 1.06. The lowest BCUT2D eigenvalue weighted by Crippen LogP contribution is -2.29. The second kappa shape index (κ2) is 4.17. The molecule has 0 spiro atoms. The Labute approximate surface area is 75.5 Å². The van der Waals surface area contributed by atoms with Gasteiger partial charge in [-0.3, -0.25) is 14.5 Å². The molecular formula is C8H9NO2S. The van der Waals surface area contributed by atoms with Crippen LogP contribution in [0.1, 0.15) is 12.8 Å². The molecule has 0 radical (unpaired) electrons. The smallest absolute Gasteiger partial charge is 0.273 e. The molecular weight excluding hydrogens is 174 g/mol. The van der Waals surface area contributed by atoms with E-state index >= 15 is 0 Å². The molecule has 1 saturated heterocycles. The Kier molecular flexibility index (Phi) is 3.18. The van der Waals surface area contributed by atoms with E-state index in [-0.39, 0.29) is 16.9 Å². The van der Waals surface area contributed by atoms with Gasteiger partial charge in [0.05, 0.1) is 5.75 Å². The third kappa shape index (κ3) is 2.02. The van der Waals surface area contributed by atoms with Crippen molar-refractivity contribution in [3.63, 3.8) is 0 Å². The van der Waals surface area contributed by atoms with Crippen molar-refractivity contribution in [2.24, 2.45) is 0 Å². The first-order valence-corrected chi connectivity index (χ1v) is 4.65. The van der Waals surface area contributed by atoms with E-state index in [0.717, 1.165) is 11.8 Å². The molecule has 0 aliphatic carbocycles. The highest BCUT2D eigenvalue weighted by molar-refractivity contribution is 8.14. The molecule has 64 valence electrons. The zero-order valence-corrected chi connectivity index (χ0v) is 7.39. The molecule has 1 heterocycles. The van der Waals surface area contributed by atoms with Crippen LogP contribution in [0.4, 0.5) is 4.79 Å². The Balaban J connectivity index is 2.36. The molecule has 3 nitrogen and oxygen atoms in total. The van der Waals surface area contributed by atoms with Gasteiger partial charge in [0.15, 0.2) is 0 Å². The fraction of sp³-hybridized carbons (Fsp3) is 0.500. The fourth-order valence-corrected chi connectivity index (χ4v) is 1.69. The van der Waals surface area contributed by atoms with Gasteiger partial charge in [-0.05, 0) is 6.42 Å². The number of hydrogen-bond acceptors (Lipinski definition) is 3. The minimum absolute atomic E-state index is 0.0954. The summed E-state index contributed by atoms with van der Waals surface area (Å²) in [4.78, 5) is 23.3. The largest absolute Gasteiger partial charge is 0.288 e. The van der Waals surface area contributed by atoms with Crippen LogP contribution in [0.15, 0.2) is 0 Å². The third-order valence-electron chi connectivity index (χ3n) is 1.54. The molecule has 0 aromatic heterocycles. The lowest BCUT2D eigenvalue weighted by atomic mass is 10.3. The van der Waals surface area contributed by atoms with Gasteiger partial charge in [0.25, 0.3) is 5.24 Å². The molecule has 0 N–H and O–H groups in total. The van der Waals surface area contributed by atoms with Crippen LogP contribution < -0.4 is 0 Å². The van der Waals surface area contributed by atoms with E-state index < -0.39 is 0 Å². The van der Waals surface area contributed by atoms with E-state index in [1.54, 1.807) is 0 Å². The number of terminal acetylenes is 1. The summed E-state index contributed by atoms with van der Waals surface area (Å²) in [5.74, 6) is 2.66. The van der Waals surface area contributed by atoms with Crippen LogP contribution >= 0.6 is 11.8 Å². The minimum atomic E-state index is -0.142. The van der Waals surface area contributed by atoms with Crippen molar-refractivity contribution >= 4 is 22.9 Å². The third-order valence-corrected chi connectivity index (χ3v) is 2.40. The minimum Gasteiger partial charge on any atom is -0.273 e. The molecule has 1 aliphatic heterocycles. The van der Waals surface area contributed by atoms with E-state index in [1.165, 1.54) is 4.90 Å². The van der Waals surface area contributed by atoms with Crippen molar-refractivity contribution in [3.05, 3.63) is 0 Å². The lowest BCUT2D eigenvalue weighted by Gasteiger charge is -2.10. The Morgan fingerprint density at radius 3 is 2.83 bits per heavy atom. The summed E-state index contributed by atoms with van der Waals surface area (Å²) in [5.41, 5.74) is 0.